The average Bonchev–Trinajstić information content (AvgIpc) is 3.22. The molecule has 0 atom stereocenters. The highest BCUT2D eigenvalue weighted by atomic mass is 32.1. The summed E-state index contributed by atoms with van der Waals surface area (Å²) >= 11 is 1.51. The predicted molar refractivity (Wildman–Crippen MR) is 127 cm³/mol. The summed E-state index contributed by atoms with van der Waals surface area (Å²) in [6.07, 6.45) is 3.80. The molecule has 2 heterocycles. The molecule has 2 aromatic carbocycles. The minimum absolute atomic E-state index is 0.0100. The quantitative estimate of drug-likeness (QED) is 0.329. The second-order valence-corrected chi connectivity index (χ2v) is 9.11. The predicted octanol–water partition coefficient (Wildman–Crippen LogP) is 4.06. The minimum Gasteiger partial charge on any atom is -0.497 e. The number of ether oxygens (including phenoxy) is 1. The molecule has 0 fully saturated rings. The normalized spacial score (nSPS) is 13.1. The van der Waals surface area contributed by atoms with E-state index in [4.69, 9.17) is 4.74 Å². The second-order valence-electron chi connectivity index (χ2n) is 8.03. The van der Waals surface area contributed by atoms with Crippen LogP contribution in [0.15, 0.2) is 58.1 Å². The SMILES string of the molecule is COc1cccc(-n2c(=O)c3c4c(sc3n(Cc3ccc([N+](=O)[O-])cc3)c2=O)CCCC4)c1. The van der Waals surface area contributed by atoms with Crippen molar-refractivity contribution in [3.05, 3.63) is 95.5 Å². The third-order valence-electron chi connectivity index (χ3n) is 6.04. The monoisotopic (exact) mass is 463 g/mol. The van der Waals surface area contributed by atoms with Crippen LogP contribution in [-0.2, 0) is 19.4 Å². The van der Waals surface area contributed by atoms with E-state index < -0.39 is 10.6 Å². The van der Waals surface area contributed by atoms with Crippen molar-refractivity contribution in [3.63, 3.8) is 0 Å². The Bertz CT molecular complexity index is 1500. The number of thiophene rings is 1. The van der Waals surface area contributed by atoms with Gasteiger partial charge in [0.25, 0.3) is 11.2 Å². The molecular weight excluding hydrogens is 442 g/mol. The molecule has 0 spiro atoms. The van der Waals surface area contributed by atoms with Gasteiger partial charge in [0.1, 0.15) is 10.6 Å². The Hall–Kier alpha value is -3.72. The molecule has 0 N–H and O–H groups in total. The summed E-state index contributed by atoms with van der Waals surface area (Å²) < 4.78 is 8.12. The smallest absolute Gasteiger partial charge is 0.337 e. The van der Waals surface area contributed by atoms with Gasteiger partial charge in [-0.15, -0.1) is 11.3 Å². The van der Waals surface area contributed by atoms with E-state index in [0.717, 1.165) is 41.7 Å². The first kappa shape index (κ1) is 21.1. The topological polar surface area (TPSA) is 96.4 Å². The van der Waals surface area contributed by atoms with Crippen molar-refractivity contribution in [3.8, 4) is 11.4 Å². The summed E-state index contributed by atoms with van der Waals surface area (Å²) in [7, 11) is 1.53. The van der Waals surface area contributed by atoms with Crippen LogP contribution < -0.4 is 16.0 Å². The van der Waals surface area contributed by atoms with Crippen LogP contribution in [0.25, 0.3) is 15.9 Å². The van der Waals surface area contributed by atoms with E-state index in [2.05, 4.69) is 0 Å². The Morgan fingerprint density at radius 3 is 2.58 bits per heavy atom. The van der Waals surface area contributed by atoms with Crippen LogP contribution in [0.2, 0.25) is 0 Å². The maximum absolute atomic E-state index is 13.7. The molecule has 0 bridgehead atoms. The zero-order valence-electron chi connectivity index (χ0n) is 17.9. The van der Waals surface area contributed by atoms with Gasteiger partial charge in [-0.3, -0.25) is 19.5 Å². The van der Waals surface area contributed by atoms with Gasteiger partial charge in [0.05, 0.1) is 29.7 Å². The first-order valence-corrected chi connectivity index (χ1v) is 11.5. The van der Waals surface area contributed by atoms with Gasteiger partial charge < -0.3 is 4.74 Å². The number of nitro groups is 1. The molecule has 5 rings (SSSR count). The molecule has 0 saturated heterocycles. The van der Waals surface area contributed by atoms with Crippen LogP contribution in [0.3, 0.4) is 0 Å². The number of hydrogen-bond acceptors (Lipinski definition) is 6. The van der Waals surface area contributed by atoms with E-state index >= 15 is 0 Å². The lowest BCUT2D eigenvalue weighted by atomic mass is 9.97. The van der Waals surface area contributed by atoms with Gasteiger partial charge in [-0.1, -0.05) is 18.2 Å². The van der Waals surface area contributed by atoms with Crippen LogP contribution in [0.4, 0.5) is 5.69 Å². The molecule has 1 aliphatic carbocycles. The third-order valence-corrected chi connectivity index (χ3v) is 7.35. The molecule has 0 amide bonds. The summed E-state index contributed by atoms with van der Waals surface area (Å²) in [6, 6.07) is 13.0. The molecule has 8 nitrogen and oxygen atoms in total. The molecule has 1 aliphatic rings. The van der Waals surface area contributed by atoms with Gasteiger partial charge >= 0.3 is 5.69 Å². The molecule has 0 aliphatic heterocycles. The highest BCUT2D eigenvalue weighted by Gasteiger charge is 2.24. The lowest BCUT2D eigenvalue weighted by Gasteiger charge is -2.14. The van der Waals surface area contributed by atoms with Crippen molar-refractivity contribution >= 4 is 27.2 Å². The van der Waals surface area contributed by atoms with Crippen molar-refractivity contribution in [1.29, 1.82) is 0 Å². The maximum atomic E-state index is 13.7. The largest absolute Gasteiger partial charge is 0.497 e. The fourth-order valence-corrected chi connectivity index (χ4v) is 5.76. The Balaban J connectivity index is 1.76. The summed E-state index contributed by atoms with van der Waals surface area (Å²) in [6.45, 7) is 0.205. The number of methoxy groups -OCH3 is 1. The molecule has 2 aromatic heterocycles. The van der Waals surface area contributed by atoms with Crippen LogP contribution in [-0.4, -0.2) is 21.2 Å². The minimum atomic E-state index is -0.454. The number of aromatic nitrogens is 2. The zero-order valence-corrected chi connectivity index (χ0v) is 18.8. The molecule has 33 heavy (non-hydrogen) atoms. The molecule has 0 radical (unpaired) electrons. The van der Waals surface area contributed by atoms with E-state index in [-0.39, 0.29) is 17.8 Å². The van der Waals surface area contributed by atoms with E-state index in [1.54, 1.807) is 41.0 Å². The summed E-state index contributed by atoms with van der Waals surface area (Å²) in [4.78, 5) is 39.7. The first-order valence-electron chi connectivity index (χ1n) is 10.7. The summed E-state index contributed by atoms with van der Waals surface area (Å²) in [5.74, 6) is 0.549. The fraction of sp³-hybridized carbons (Fsp3) is 0.250. The third kappa shape index (κ3) is 3.64. The van der Waals surface area contributed by atoms with E-state index in [0.29, 0.717) is 21.7 Å². The fourth-order valence-electron chi connectivity index (χ4n) is 4.39. The van der Waals surface area contributed by atoms with Crippen molar-refractivity contribution < 1.29 is 9.66 Å². The Morgan fingerprint density at radius 2 is 1.85 bits per heavy atom. The molecule has 4 aromatic rings. The number of benzene rings is 2. The molecule has 168 valence electrons. The Labute approximate surface area is 192 Å². The van der Waals surface area contributed by atoms with Gasteiger partial charge in [0.15, 0.2) is 0 Å². The lowest BCUT2D eigenvalue weighted by molar-refractivity contribution is -0.384. The van der Waals surface area contributed by atoms with Gasteiger partial charge in [-0.2, -0.15) is 0 Å². The maximum Gasteiger partial charge on any atom is 0.337 e. The Morgan fingerprint density at radius 1 is 1.09 bits per heavy atom. The van der Waals surface area contributed by atoms with Crippen LogP contribution in [0, 0.1) is 10.1 Å². The van der Waals surface area contributed by atoms with Gasteiger partial charge in [0, 0.05) is 23.1 Å². The van der Waals surface area contributed by atoms with Gasteiger partial charge in [-0.25, -0.2) is 9.36 Å². The lowest BCUT2D eigenvalue weighted by Crippen LogP contribution is -2.39. The standard InChI is InChI=1S/C24H21N3O5S/c1-32-18-6-4-5-17(13-18)26-22(28)21-19-7-2-3-8-20(19)33-23(21)25(24(26)29)14-15-9-11-16(12-10-15)27(30)31/h4-6,9-13H,2-3,7-8,14H2,1H3. The van der Waals surface area contributed by atoms with Crippen molar-refractivity contribution in [2.45, 2.75) is 32.2 Å². The summed E-state index contributed by atoms with van der Waals surface area (Å²) in [5.41, 5.74) is 1.45. The van der Waals surface area contributed by atoms with E-state index in [1.807, 2.05) is 0 Å². The number of nitrogens with zero attached hydrogens (tertiary/aromatic N) is 3. The number of non-ortho nitro benzene ring substituents is 1. The highest BCUT2D eigenvalue weighted by Crippen LogP contribution is 2.34. The number of rotatable bonds is 5. The molecule has 0 unspecified atom stereocenters. The first-order chi connectivity index (χ1) is 16.0. The van der Waals surface area contributed by atoms with Crippen LogP contribution >= 0.6 is 11.3 Å². The van der Waals surface area contributed by atoms with Gasteiger partial charge in [0.2, 0.25) is 0 Å². The Kier molecular flexibility index (Phi) is 5.33. The van der Waals surface area contributed by atoms with Crippen molar-refractivity contribution in [2.75, 3.05) is 7.11 Å². The van der Waals surface area contributed by atoms with Crippen LogP contribution in [0.5, 0.6) is 5.75 Å². The highest BCUT2D eigenvalue weighted by molar-refractivity contribution is 7.18. The van der Waals surface area contributed by atoms with E-state index in [1.165, 1.54) is 35.1 Å². The number of fused-ring (bicyclic) bond motifs is 3. The van der Waals surface area contributed by atoms with Gasteiger partial charge in [-0.05, 0) is 48.9 Å². The zero-order chi connectivity index (χ0) is 23.1. The number of hydrogen-bond donors (Lipinski definition) is 0. The number of aryl methyl sites for hydroxylation is 2. The van der Waals surface area contributed by atoms with Crippen molar-refractivity contribution in [2.24, 2.45) is 0 Å². The molecule has 0 saturated carbocycles. The van der Waals surface area contributed by atoms with Crippen molar-refractivity contribution in [1.82, 2.24) is 9.13 Å². The van der Waals surface area contributed by atoms with E-state index in [9.17, 15) is 19.7 Å². The average molecular weight is 464 g/mol. The second kappa shape index (κ2) is 8.32. The number of nitro benzene ring substituents is 1. The van der Waals surface area contributed by atoms with Crippen LogP contribution in [0.1, 0.15) is 28.8 Å². The molecular formula is C24H21N3O5S. The summed E-state index contributed by atoms with van der Waals surface area (Å²) in [5, 5.41) is 11.6. The molecule has 9 heteroatoms.